The summed E-state index contributed by atoms with van der Waals surface area (Å²) in [5.74, 6) is 5.41. The summed E-state index contributed by atoms with van der Waals surface area (Å²) in [7, 11) is 2.72. The van der Waals surface area contributed by atoms with E-state index in [9.17, 15) is 23.4 Å². The summed E-state index contributed by atoms with van der Waals surface area (Å²) in [5.41, 5.74) is 10.7. The highest BCUT2D eigenvalue weighted by molar-refractivity contribution is 7.89. The Balaban J connectivity index is 0.767. The summed E-state index contributed by atoms with van der Waals surface area (Å²) >= 11 is 6.87. The molecule has 0 bridgehead atoms. The van der Waals surface area contributed by atoms with Crippen LogP contribution in [0.15, 0.2) is 102 Å². The molecule has 1 atom stereocenters. The van der Waals surface area contributed by atoms with Crippen LogP contribution in [0.3, 0.4) is 0 Å². The Morgan fingerprint density at radius 2 is 1.54 bits per heavy atom. The summed E-state index contributed by atoms with van der Waals surface area (Å²) in [5, 5.41) is 27.2. The summed E-state index contributed by atoms with van der Waals surface area (Å²) in [6.07, 6.45) is -0.247. The van der Waals surface area contributed by atoms with Crippen molar-refractivity contribution < 1.29 is 51.5 Å². The number of carboxylic acid groups (broad SMARTS) is 1. The molecule has 1 saturated heterocycles. The Morgan fingerprint density at radius 3 is 2.23 bits per heavy atom. The number of aryl methyl sites for hydroxylation is 1. The third-order valence-electron chi connectivity index (χ3n) is 13.7. The number of anilines is 4. The highest BCUT2D eigenvalue weighted by Gasteiger charge is 2.27. The SMILES string of the molecule is COc1cc(C(CC(=O)O)c2ccc(C)c(CN(C)S(=O)(=O)c3ccc(OCCOCCOCCOCCNc4nc(N5CCN(C)CC5)c5cc(Cl)c(-c6cc(O)cc7ccccc67)c(F)c5n4)cc3)c2)cc(N)c1N(C)N. The number of sulfonamides is 1. The van der Waals surface area contributed by atoms with Crippen LogP contribution < -0.4 is 36.3 Å². The summed E-state index contributed by atoms with van der Waals surface area (Å²) in [6, 6.07) is 27.3. The van der Waals surface area contributed by atoms with Crippen LogP contribution in [-0.4, -0.2) is 151 Å². The van der Waals surface area contributed by atoms with Gasteiger partial charge in [-0.1, -0.05) is 54.1 Å². The van der Waals surface area contributed by atoms with E-state index in [1.165, 1.54) is 41.7 Å². The first-order valence-electron chi connectivity index (χ1n) is 25.7. The standard InChI is InChI=1S/C57H67ClFN9O10S/c1-36-10-11-38(45(34-51(70)71)39-30-49(60)55(67(4)61)50(31-39)74-5)28-40(36)35-66(3)79(72,73)43-14-12-42(13-15-43)78-27-26-77-25-24-76-23-22-75-21-16-62-57-63-54-47(56(64-57)68-19-17-65(2)18-20-68)33-48(58)52(53(54)59)46-32-41(69)29-37-8-6-7-9-44(37)46/h6-15,28-33,45,69H,16-27,34-35,60-61H2,1-5H3,(H,70,71)(H,62,63,64). The molecule has 1 aromatic heterocycles. The predicted octanol–water partition coefficient (Wildman–Crippen LogP) is 7.88. The van der Waals surface area contributed by atoms with Gasteiger partial charge < -0.3 is 59.8 Å². The number of benzene rings is 6. The molecule has 1 aliphatic rings. The smallest absolute Gasteiger partial charge is 0.304 e. The molecule has 79 heavy (non-hydrogen) atoms. The van der Waals surface area contributed by atoms with Gasteiger partial charge in [0.1, 0.15) is 40.9 Å². The normalized spacial score (nSPS) is 13.6. The number of likely N-dealkylation sites (N-methyl/N-ethyl adjacent to an activating group) is 1. The van der Waals surface area contributed by atoms with Crippen molar-refractivity contribution in [2.45, 2.75) is 30.7 Å². The molecule has 1 unspecified atom stereocenters. The quantitative estimate of drug-likeness (QED) is 0.0150. The number of nitrogen functional groups attached to an aromatic ring is 1. The highest BCUT2D eigenvalue weighted by atomic mass is 35.5. The number of halogens is 2. The molecule has 1 fully saturated rings. The zero-order valence-corrected chi connectivity index (χ0v) is 46.4. The minimum atomic E-state index is -3.94. The number of nitrogens with one attached hydrogen (secondary N) is 1. The van der Waals surface area contributed by atoms with Crippen LogP contribution in [0.4, 0.5) is 27.5 Å². The number of nitrogens with two attached hydrogens (primary N) is 2. The Kier molecular flexibility index (Phi) is 19.3. The summed E-state index contributed by atoms with van der Waals surface area (Å²) in [4.78, 5) is 26.0. The number of hydrogen-bond donors (Lipinski definition) is 5. The van der Waals surface area contributed by atoms with Crippen LogP contribution in [0.2, 0.25) is 5.02 Å². The van der Waals surface area contributed by atoms with Crippen molar-refractivity contribution in [2.24, 2.45) is 5.84 Å². The van der Waals surface area contributed by atoms with Crippen molar-refractivity contribution in [2.75, 3.05) is 128 Å². The van der Waals surface area contributed by atoms with E-state index in [0.717, 1.165) is 29.4 Å². The maximum absolute atomic E-state index is 16.8. The fourth-order valence-corrected chi connectivity index (χ4v) is 11.0. The van der Waals surface area contributed by atoms with Gasteiger partial charge in [-0.15, -0.1) is 0 Å². The lowest BCUT2D eigenvalue weighted by Gasteiger charge is -2.34. The van der Waals surface area contributed by atoms with E-state index in [-0.39, 0.29) is 58.9 Å². The molecule has 22 heteroatoms. The van der Waals surface area contributed by atoms with Crippen molar-refractivity contribution in [1.29, 1.82) is 0 Å². The third kappa shape index (κ3) is 14.0. The number of hydrogen-bond acceptors (Lipinski definition) is 17. The lowest BCUT2D eigenvalue weighted by Crippen LogP contribution is -2.45. The number of phenolic OH excluding ortho intramolecular Hbond substituents is 1. The number of hydrazine groups is 1. The van der Waals surface area contributed by atoms with Crippen molar-refractivity contribution in [1.82, 2.24) is 19.2 Å². The Bertz CT molecular complexity index is 3390. The fourth-order valence-electron chi connectivity index (χ4n) is 9.54. The van der Waals surface area contributed by atoms with E-state index in [1.54, 1.807) is 43.4 Å². The van der Waals surface area contributed by atoms with Crippen LogP contribution in [0.25, 0.3) is 32.8 Å². The average molecular weight is 1120 g/mol. The van der Waals surface area contributed by atoms with Gasteiger partial charge in [0, 0.05) is 70.2 Å². The molecule has 0 aliphatic carbocycles. The number of carbonyl (C=O) groups is 1. The third-order valence-corrected chi connectivity index (χ3v) is 15.8. The second kappa shape index (κ2) is 26.3. The molecule has 19 nitrogen and oxygen atoms in total. The minimum absolute atomic E-state index is 0.00470. The first-order chi connectivity index (χ1) is 37.9. The number of ether oxygens (including phenoxy) is 5. The molecule has 0 spiro atoms. The number of methoxy groups -OCH3 is 1. The second-order valence-electron chi connectivity index (χ2n) is 19.3. The topological polar surface area (TPSA) is 241 Å². The number of piperazine rings is 1. The number of aromatic nitrogens is 2. The van der Waals surface area contributed by atoms with Crippen LogP contribution in [0.5, 0.6) is 17.2 Å². The molecule has 0 amide bonds. The maximum atomic E-state index is 16.8. The number of phenols is 1. The molecule has 6 aromatic carbocycles. The molecule has 7 N–H and O–H groups in total. The number of aliphatic carboxylic acids is 1. The van der Waals surface area contributed by atoms with E-state index < -0.39 is 27.7 Å². The number of fused-ring (bicyclic) bond motifs is 2. The second-order valence-corrected chi connectivity index (χ2v) is 21.7. The van der Waals surface area contributed by atoms with Crippen molar-refractivity contribution in [3.63, 3.8) is 0 Å². The molecular weight excluding hydrogens is 1060 g/mol. The van der Waals surface area contributed by atoms with Crippen molar-refractivity contribution >= 4 is 72.4 Å². The van der Waals surface area contributed by atoms with Crippen LogP contribution in [0, 0.1) is 12.7 Å². The Morgan fingerprint density at radius 1 is 0.861 bits per heavy atom. The first-order valence-corrected chi connectivity index (χ1v) is 27.5. The predicted molar refractivity (Wildman–Crippen MR) is 306 cm³/mol. The summed E-state index contributed by atoms with van der Waals surface area (Å²) in [6.45, 7) is 7.36. The van der Waals surface area contributed by atoms with Crippen LogP contribution in [-0.2, 0) is 35.6 Å². The number of aromatic hydroxyl groups is 1. The first kappa shape index (κ1) is 58.1. The molecule has 1 aliphatic heterocycles. The Hall–Kier alpha value is -7.08. The highest BCUT2D eigenvalue weighted by Crippen LogP contribution is 2.43. The molecule has 0 saturated carbocycles. The van der Waals surface area contributed by atoms with E-state index in [4.69, 9.17) is 51.8 Å². The van der Waals surface area contributed by atoms with Gasteiger partial charge in [0.25, 0.3) is 0 Å². The van der Waals surface area contributed by atoms with Gasteiger partial charge in [0.15, 0.2) is 5.82 Å². The number of carboxylic acids is 1. The Labute approximate surface area is 464 Å². The lowest BCUT2D eigenvalue weighted by atomic mass is 9.86. The molecule has 2 heterocycles. The van der Waals surface area contributed by atoms with Gasteiger partial charge in [-0.3, -0.25) is 4.79 Å². The van der Waals surface area contributed by atoms with Gasteiger partial charge in [-0.05, 0) is 107 Å². The maximum Gasteiger partial charge on any atom is 0.304 e. The van der Waals surface area contributed by atoms with Crippen LogP contribution in [0.1, 0.15) is 34.6 Å². The molecule has 420 valence electrons. The molecule has 7 aromatic rings. The number of rotatable bonds is 26. The monoisotopic (exact) mass is 1120 g/mol. The van der Waals surface area contributed by atoms with Crippen molar-refractivity contribution in [3.05, 3.63) is 130 Å². The fraction of sp³-hybridized carbons (Fsp3) is 0.351. The zero-order valence-electron chi connectivity index (χ0n) is 44.9. The van der Waals surface area contributed by atoms with Gasteiger partial charge in [0.2, 0.25) is 16.0 Å². The minimum Gasteiger partial charge on any atom is -0.508 e. The zero-order chi connectivity index (χ0) is 56.4. The molecular formula is C57H67ClFN9O10S. The van der Waals surface area contributed by atoms with Gasteiger partial charge >= 0.3 is 5.97 Å². The van der Waals surface area contributed by atoms with E-state index in [0.29, 0.717) is 109 Å². The van der Waals surface area contributed by atoms with E-state index in [1.807, 2.05) is 49.4 Å². The molecule has 8 rings (SSSR count). The summed E-state index contributed by atoms with van der Waals surface area (Å²) < 4.78 is 74.1. The number of nitrogens with zero attached hydrogens (tertiary/aromatic N) is 6. The van der Waals surface area contributed by atoms with Gasteiger partial charge in [0.05, 0.1) is 68.8 Å². The van der Waals surface area contributed by atoms with Crippen LogP contribution >= 0.6 is 11.6 Å². The molecule has 0 radical (unpaired) electrons. The van der Waals surface area contributed by atoms with Crippen molar-refractivity contribution in [3.8, 4) is 28.4 Å². The van der Waals surface area contributed by atoms with E-state index >= 15 is 4.39 Å². The van der Waals surface area contributed by atoms with E-state index in [2.05, 4.69) is 27.1 Å². The largest absolute Gasteiger partial charge is 0.508 e. The van der Waals surface area contributed by atoms with Gasteiger partial charge in [-0.25, -0.2) is 23.6 Å². The van der Waals surface area contributed by atoms with Gasteiger partial charge in [-0.2, -0.15) is 9.29 Å². The average Bonchev–Trinajstić information content (AvgIpc) is 3.60. The lowest BCUT2D eigenvalue weighted by molar-refractivity contribution is -0.137.